The van der Waals surface area contributed by atoms with Crippen molar-refractivity contribution in [3.63, 3.8) is 0 Å². The third-order valence-electron chi connectivity index (χ3n) is 4.97. The molecule has 28 heavy (non-hydrogen) atoms. The number of amides is 1. The molecule has 2 aliphatic heterocycles. The molecule has 1 aromatic rings. The van der Waals surface area contributed by atoms with Crippen LogP contribution < -0.4 is 10.1 Å². The Labute approximate surface area is 166 Å². The van der Waals surface area contributed by atoms with E-state index in [0.717, 1.165) is 37.5 Å². The van der Waals surface area contributed by atoms with Crippen molar-refractivity contribution in [2.24, 2.45) is 15.2 Å². The first kappa shape index (κ1) is 20.3. The second-order valence-corrected chi connectivity index (χ2v) is 7.59. The van der Waals surface area contributed by atoms with Gasteiger partial charge in [0, 0.05) is 32.2 Å². The van der Waals surface area contributed by atoms with Crippen molar-refractivity contribution in [1.29, 1.82) is 0 Å². The maximum Gasteiger partial charge on any atom is 0.241 e. The number of carbonyl (C=O) groups is 1. The van der Waals surface area contributed by atoms with Crippen LogP contribution in [0.1, 0.15) is 32.4 Å². The molecule has 0 aliphatic carbocycles. The summed E-state index contributed by atoms with van der Waals surface area (Å²) in [6.07, 6.45) is 0. The molecule has 2 aliphatic rings. The SMILES string of the molecule is COc1ccc(C2N=C(N3CCN(CC(=O)NC(C)C)CC3)N=NC2C)cc1. The second-order valence-electron chi connectivity index (χ2n) is 7.59. The average Bonchev–Trinajstić information content (AvgIpc) is 2.68. The highest BCUT2D eigenvalue weighted by Crippen LogP contribution is 2.29. The molecule has 2 atom stereocenters. The van der Waals surface area contributed by atoms with Gasteiger partial charge in [0.2, 0.25) is 11.9 Å². The van der Waals surface area contributed by atoms with Gasteiger partial charge in [0.15, 0.2) is 0 Å². The van der Waals surface area contributed by atoms with Gasteiger partial charge in [-0.15, -0.1) is 5.11 Å². The summed E-state index contributed by atoms with van der Waals surface area (Å²) < 4.78 is 5.24. The number of nitrogens with zero attached hydrogens (tertiary/aromatic N) is 5. The Bertz CT molecular complexity index is 723. The smallest absolute Gasteiger partial charge is 0.241 e. The van der Waals surface area contributed by atoms with Crippen molar-refractivity contribution in [3.8, 4) is 5.75 Å². The van der Waals surface area contributed by atoms with Gasteiger partial charge in [-0.25, -0.2) is 4.99 Å². The molecule has 152 valence electrons. The monoisotopic (exact) mass is 386 g/mol. The number of benzene rings is 1. The van der Waals surface area contributed by atoms with Crippen LogP contribution in [0.15, 0.2) is 39.5 Å². The number of carbonyl (C=O) groups excluding carboxylic acids is 1. The lowest BCUT2D eigenvalue weighted by atomic mass is 10.0. The van der Waals surface area contributed by atoms with Gasteiger partial charge in [-0.1, -0.05) is 12.1 Å². The highest BCUT2D eigenvalue weighted by Gasteiger charge is 2.27. The third-order valence-corrected chi connectivity index (χ3v) is 4.97. The van der Waals surface area contributed by atoms with Crippen molar-refractivity contribution in [1.82, 2.24) is 15.1 Å². The normalized spacial score (nSPS) is 22.9. The Hall–Kier alpha value is -2.48. The standard InChI is InChI=1S/C20H30N6O2/c1-14(2)21-18(27)13-25-9-11-26(12-10-25)20-22-19(15(3)23-24-20)16-5-7-17(28-4)8-6-16/h5-8,14-15,19H,9-13H2,1-4H3,(H,21,27). The molecule has 8 heteroatoms. The third kappa shape index (κ3) is 5.07. The Morgan fingerprint density at radius 2 is 1.89 bits per heavy atom. The molecule has 2 heterocycles. The predicted octanol–water partition coefficient (Wildman–Crippen LogP) is 2.09. The van der Waals surface area contributed by atoms with E-state index in [1.165, 1.54) is 0 Å². The summed E-state index contributed by atoms with van der Waals surface area (Å²) in [4.78, 5) is 21.2. The van der Waals surface area contributed by atoms with E-state index in [0.29, 0.717) is 12.5 Å². The summed E-state index contributed by atoms with van der Waals surface area (Å²) in [7, 11) is 1.66. The van der Waals surface area contributed by atoms with Crippen LogP contribution in [0.2, 0.25) is 0 Å². The van der Waals surface area contributed by atoms with E-state index in [9.17, 15) is 4.79 Å². The minimum Gasteiger partial charge on any atom is -0.497 e. The molecule has 0 bridgehead atoms. The maximum atomic E-state index is 12.0. The fourth-order valence-corrected chi connectivity index (χ4v) is 3.44. The van der Waals surface area contributed by atoms with E-state index in [2.05, 4.69) is 25.3 Å². The van der Waals surface area contributed by atoms with Gasteiger partial charge in [0.05, 0.1) is 19.7 Å². The molecule has 1 amide bonds. The molecule has 2 unspecified atom stereocenters. The van der Waals surface area contributed by atoms with Crippen LogP contribution >= 0.6 is 0 Å². The van der Waals surface area contributed by atoms with Gasteiger partial charge >= 0.3 is 0 Å². The average molecular weight is 387 g/mol. The Balaban J connectivity index is 1.60. The molecule has 8 nitrogen and oxygen atoms in total. The summed E-state index contributed by atoms with van der Waals surface area (Å²) in [5.74, 6) is 1.59. The van der Waals surface area contributed by atoms with Gasteiger partial charge < -0.3 is 15.0 Å². The van der Waals surface area contributed by atoms with Crippen LogP contribution in [0.5, 0.6) is 5.75 Å². The first-order valence-corrected chi connectivity index (χ1v) is 9.85. The van der Waals surface area contributed by atoms with Crippen LogP contribution in [0.3, 0.4) is 0 Å². The van der Waals surface area contributed by atoms with Crippen molar-refractivity contribution in [3.05, 3.63) is 29.8 Å². The number of hydrogen-bond donors (Lipinski definition) is 1. The van der Waals surface area contributed by atoms with Crippen molar-refractivity contribution in [2.45, 2.75) is 38.9 Å². The molecular formula is C20H30N6O2. The van der Waals surface area contributed by atoms with E-state index in [-0.39, 0.29) is 24.0 Å². The number of hydrogen-bond acceptors (Lipinski definition) is 7. The zero-order chi connectivity index (χ0) is 20.1. The molecule has 1 saturated heterocycles. The number of piperazine rings is 1. The number of ether oxygens (including phenoxy) is 1. The molecule has 1 fully saturated rings. The van der Waals surface area contributed by atoms with Crippen molar-refractivity contribution < 1.29 is 9.53 Å². The molecular weight excluding hydrogens is 356 g/mol. The topological polar surface area (TPSA) is 81.9 Å². The van der Waals surface area contributed by atoms with Crippen molar-refractivity contribution in [2.75, 3.05) is 39.8 Å². The Kier molecular flexibility index (Phi) is 6.61. The molecule has 3 rings (SSSR count). The molecule has 0 aromatic heterocycles. The molecule has 1 N–H and O–H groups in total. The van der Waals surface area contributed by atoms with Gasteiger partial charge in [0.25, 0.3) is 0 Å². The zero-order valence-corrected chi connectivity index (χ0v) is 17.1. The Morgan fingerprint density at radius 3 is 2.50 bits per heavy atom. The lowest BCUT2D eigenvalue weighted by Crippen LogP contribution is -2.51. The van der Waals surface area contributed by atoms with Gasteiger partial charge in [-0.2, -0.15) is 5.11 Å². The van der Waals surface area contributed by atoms with Gasteiger partial charge in [-0.05, 0) is 38.5 Å². The highest BCUT2D eigenvalue weighted by atomic mass is 16.5. The lowest BCUT2D eigenvalue weighted by Gasteiger charge is -2.36. The molecule has 0 radical (unpaired) electrons. The summed E-state index contributed by atoms with van der Waals surface area (Å²) in [5, 5.41) is 11.7. The van der Waals surface area contributed by atoms with E-state index in [4.69, 9.17) is 9.73 Å². The van der Waals surface area contributed by atoms with E-state index in [1.807, 2.05) is 45.0 Å². The van der Waals surface area contributed by atoms with Crippen molar-refractivity contribution >= 4 is 11.9 Å². The molecule has 0 spiro atoms. The number of nitrogens with one attached hydrogen (secondary N) is 1. The van der Waals surface area contributed by atoms with Crippen LogP contribution in [-0.4, -0.2) is 73.6 Å². The quantitative estimate of drug-likeness (QED) is 0.840. The van der Waals surface area contributed by atoms with E-state index >= 15 is 0 Å². The predicted molar refractivity (Wildman–Crippen MR) is 109 cm³/mol. The van der Waals surface area contributed by atoms with E-state index < -0.39 is 0 Å². The number of guanidine groups is 1. The minimum atomic E-state index is -0.0479. The number of rotatable bonds is 5. The number of methoxy groups -OCH3 is 1. The first-order valence-electron chi connectivity index (χ1n) is 9.85. The molecule has 0 saturated carbocycles. The number of aliphatic imine (C=N–C) groups is 1. The lowest BCUT2D eigenvalue weighted by molar-refractivity contribution is -0.123. The number of azo groups is 1. The van der Waals surface area contributed by atoms with Crippen LogP contribution in [0.25, 0.3) is 0 Å². The van der Waals surface area contributed by atoms with Gasteiger partial charge in [0.1, 0.15) is 11.8 Å². The second kappa shape index (κ2) is 9.14. The summed E-state index contributed by atoms with van der Waals surface area (Å²) >= 11 is 0. The maximum absolute atomic E-state index is 12.0. The fourth-order valence-electron chi connectivity index (χ4n) is 3.44. The largest absolute Gasteiger partial charge is 0.497 e. The fraction of sp³-hybridized carbons (Fsp3) is 0.600. The summed E-state index contributed by atoms with van der Waals surface area (Å²) in [5.41, 5.74) is 1.11. The van der Waals surface area contributed by atoms with E-state index in [1.54, 1.807) is 7.11 Å². The zero-order valence-electron chi connectivity index (χ0n) is 17.1. The van der Waals surface area contributed by atoms with Gasteiger partial charge in [-0.3, -0.25) is 9.69 Å². The van der Waals surface area contributed by atoms with Crippen LogP contribution in [0, 0.1) is 0 Å². The molecule has 1 aromatic carbocycles. The Morgan fingerprint density at radius 1 is 1.21 bits per heavy atom. The first-order chi connectivity index (χ1) is 13.5. The summed E-state index contributed by atoms with van der Waals surface area (Å²) in [6, 6.07) is 8.09. The van der Waals surface area contributed by atoms with Crippen LogP contribution in [-0.2, 0) is 4.79 Å². The van der Waals surface area contributed by atoms with Crippen LogP contribution in [0.4, 0.5) is 0 Å². The summed E-state index contributed by atoms with van der Waals surface area (Å²) in [6.45, 7) is 9.61. The minimum absolute atomic E-state index is 0.00170. The highest BCUT2D eigenvalue weighted by molar-refractivity contribution is 5.81.